The average molecular weight is 380 g/mol. The minimum atomic E-state index is -0.564. The zero-order valence-electron chi connectivity index (χ0n) is 15.5. The fourth-order valence-electron chi connectivity index (χ4n) is 3.53. The highest BCUT2D eigenvalue weighted by Crippen LogP contribution is 2.13. The van der Waals surface area contributed by atoms with Gasteiger partial charge in [0.15, 0.2) is 0 Å². The number of nitrogens with two attached hydrogens (primary N) is 1. The first kappa shape index (κ1) is 17.9. The summed E-state index contributed by atoms with van der Waals surface area (Å²) in [4.78, 5) is 42.7. The Bertz CT molecular complexity index is 1120. The van der Waals surface area contributed by atoms with E-state index < -0.39 is 5.91 Å². The number of primary amides is 1. The van der Waals surface area contributed by atoms with Crippen LogP contribution in [0.1, 0.15) is 22.0 Å². The van der Waals surface area contributed by atoms with Gasteiger partial charge in [0.2, 0.25) is 5.91 Å². The van der Waals surface area contributed by atoms with Crippen LogP contribution >= 0.6 is 0 Å². The van der Waals surface area contributed by atoms with Gasteiger partial charge in [0, 0.05) is 37.6 Å². The van der Waals surface area contributed by atoms with Gasteiger partial charge in [-0.2, -0.15) is 5.10 Å². The number of nitrogens with zero attached hydrogens (tertiary/aromatic N) is 5. The van der Waals surface area contributed by atoms with Crippen LogP contribution in [-0.2, 0) is 24.3 Å². The first-order chi connectivity index (χ1) is 13.4. The zero-order valence-corrected chi connectivity index (χ0v) is 15.5. The van der Waals surface area contributed by atoms with Crippen LogP contribution in [0.25, 0.3) is 10.8 Å². The molecule has 0 aliphatic carbocycles. The van der Waals surface area contributed by atoms with E-state index in [9.17, 15) is 14.4 Å². The minimum absolute atomic E-state index is 0.112. The van der Waals surface area contributed by atoms with E-state index >= 15 is 0 Å². The van der Waals surface area contributed by atoms with Crippen molar-refractivity contribution in [2.75, 3.05) is 13.1 Å². The van der Waals surface area contributed by atoms with E-state index in [2.05, 4.69) is 10.1 Å². The zero-order chi connectivity index (χ0) is 19.8. The maximum Gasteiger partial charge on any atom is 0.275 e. The van der Waals surface area contributed by atoms with Crippen molar-refractivity contribution in [2.45, 2.75) is 26.4 Å². The predicted molar refractivity (Wildman–Crippen MR) is 102 cm³/mol. The van der Waals surface area contributed by atoms with Gasteiger partial charge in [0.1, 0.15) is 18.1 Å². The van der Waals surface area contributed by atoms with E-state index in [-0.39, 0.29) is 23.7 Å². The summed E-state index contributed by atoms with van der Waals surface area (Å²) in [5, 5.41) is 5.65. The van der Waals surface area contributed by atoms with Crippen molar-refractivity contribution in [1.29, 1.82) is 0 Å². The molecule has 3 heterocycles. The summed E-state index contributed by atoms with van der Waals surface area (Å²) < 4.78 is 3.08. The van der Waals surface area contributed by atoms with Crippen molar-refractivity contribution >= 4 is 22.6 Å². The second-order valence-corrected chi connectivity index (χ2v) is 6.82. The molecule has 0 atom stereocenters. The lowest BCUT2D eigenvalue weighted by Gasteiger charge is -2.20. The van der Waals surface area contributed by atoms with Crippen LogP contribution in [0.5, 0.6) is 0 Å². The normalized spacial score (nSPS) is 14.0. The molecule has 0 unspecified atom stereocenters. The molecule has 144 valence electrons. The van der Waals surface area contributed by atoms with E-state index in [1.807, 2.05) is 23.6 Å². The lowest BCUT2D eigenvalue weighted by Crippen LogP contribution is -2.39. The molecule has 1 aliphatic heterocycles. The number of imidazole rings is 1. The number of benzene rings is 1. The number of rotatable bonds is 3. The SMILES string of the molecule is Cc1nn(CC(=O)N2CCc3nc(C(N)=O)cn3CC2)c(=O)c2ccccc12. The van der Waals surface area contributed by atoms with Crippen molar-refractivity contribution in [1.82, 2.24) is 24.2 Å². The maximum atomic E-state index is 12.8. The first-order valence-corrected chi connectivity index (χ1v) is 9.04. The average Bonchev–Trinajstić information content (AvgIpc) is 2.99. The van der Waals surface area contributed by atoms with Gasteiger partial charge in [-0.3, -0.25) is 14.4 Å². The van der Waals surface area contributed by atoms with E-state index in [1.54, 1.807) is 23.2 Å². The number of aromatic nitrogens is 4. The molecule has 28 heavy (non-hydrogen) atoms. The summed E-state index contributed by atoms with van der Waals surface area (Å²) in [6.45, 7) is 3.14. The number of hydrogen-bond donors (Lipinski definition) is 1. The van der Waals surface area contributed by atoms with Gasteiger partial charge in [-0.05, 0) is 13.0 Å². The van der Waals surface area contributed by atoms with Gasteiger partial charge in [-0.15, -0.1) is 0 Å². The summed E-state index contributed by atoms with van der Waals surface area (Å²) >= 11 is 0. The highest BCUT2D eigenvalue weighted by Gasteiger charge is 2.22. The number of amides is 2. The summed E-state index contributed by atoms with van der Waals surface area (Å²) in [6.07, 6.45) is 2.13. The highest BCUT2D eigenvalue weighted by atomic mass is 16.2. The molecule has 9 nitrogen and oxygen atoms in total. The molecule has 2 aromatic heterocycles. The lowest BCUT2D eigenvalue weighted by atomic mass is 10.1. The molecule has 0 radical (unpaired) electrons. The molecule has 2 amide bonds. The monoisotopic (exact) mass is 380 g/mol. The van der Waals surface area contributed by atoms with Crippen molar-refractivity contribution in [3.8, 4) is 0 Å². The molecule has 0 fully saturated rings. The summed E-state index contributed by atoms with van der Waals surface area (Å²) in [7, 11) is 0. The third kappa shape index (κ3) is 3.15. The molecular weight excluding hydrogens is 360 g/mol. The third-order valence-corrected chi connectivity index (χ3v) is 5.02. The molecule has 3 aromatic rings. The quantitative estimate of drug-likeness (QED) is 0.691. The second kappa shape index (κ2) is 6.91. The van der Waals surface area contributed by atoms with Gasteiger partial charge < -0.3 is 15.2 Å². The van der Waals surface area contributed by atoms with Gasteiger partial charge in [-0.25, -0.2) is 9.67 Å². The minimum Gasteiger partial charge on any atom is -0.364 e. The Labute approximate surface area is 160 Å². The highest BCUT2D eigenvalue weighted by molar-refractivity contribution is 5.90. The van der Waals surface area contributed by atoms with Crippen molar-refractivity contribution in [3.05, 3.63) is 58.0 Å². The number of fused-ring (bicyclic) bond motifs is 2. The Morgan fingerprint density at radius 2 is 1.89 bits per heavy atom. The van der Waals surface area contributed by atoms with Gasteiger partial charge >= 0.3 is 0 Å². The summed E-state index contributed by atoms with van der Waals surface area (Å²) in [6, 6.07) is 7.25. The predicted octanol–water partition coefficient (Wildman–Crippen LogP) is 0.0852. The number of hydrogen-bond acceptors (Lipinski definition) is 5. The summed E-state index contributed by atoms with van der Waals surface area (Å²) in [5.41, 5.74) is 5.94. The third-order valence-electron chi connectivity index (χ3n) is 5.02. The first-order valence-electron chi connectivity index (χ1n) is 9.04. The summed E-state index contributed by atoms with van der Waals surface area (Å²) in [5.74, 6) is -0.0169. The molecule has 4 rings (SSSR count). The smallest absolute Gasteiger partial charge is 0.275 e. The van der Waals surface area contributed by atoms with Crippen LogP contribution in [0.3, 0.4) is 0 Å². The van der Waals surface area contributed by atoms with Crippen molar-refractivity contribution in [2.24, 2.45) is 5.73 Å². The van der Waals surface area contributed by atoms with Crippen LogP contribution in [0.4, 0.5) is 0 Å². The molecule has 0 saturated heterocycles. The number of carbonyl (C=O) groups excluding carboxylic acids is 2. The number of carbonyl (C=O) groups is 2. The number of aryl methyl sites for hydroxylation is 1. The van der Waals surface area contributed by atoms with Gasteiger partial charge in [0.25, 0.3) is 11.5 Å². The van der Waals surface area contributed by atoms with E-state index in [0.29, 0.717) is 37.1 Å². The Kier molecular flexibility index (Phi) is 4.42. The van der Waals surface area contributed by atoms with E-state index in [4.69, 9.17) is 5.73 Å². The lowest BCUT2D eigenvalue weighted by molar-refractivity contribution is -0.132. The van der Waals surface area contributed by atoms with Gasteiger partial charge in [0.05, 0.1) is 11.1 Å². The fourth-order valence-corrected chi connectivity index (χ4v) is 3.53. The van der Waals surface area contributed by atoms with Crippen LogP contribution in [0.2, 0.25) is 0 Å². The van der Waals surface area contributed by atoms with Crippen LogP contribution in [-0.4, -0.2) is 49.1 Å². The molecule has 0 bridgehead atoms. The Hall–Kier alpha value is -3.49. The Balaban J connectivity index is 1.52. The van der Waals surface area contributed by atoms with Crippen molar-refractivity contribution in [3.63, 3.8) is 0 Å². The molecule has 0 saturated carbocycles. The Morgan fingerprint density at radius 1 is 1.14 bits per heavy atom. The second-order valence-electron chi connectivity index (χ2n) is 6.82. The van der Waals surface area contributed by atoms with Crippen molar-refractivity contribution < 1.29 is 9.59 Å². The maximum absolute atomic E-state index is 12.8. The molecular formula is C19H20N6O3. The van der Waals surface area contributed by atoms with Gasteiger partial charge in [-0.1, -0.05) is 18.2 Å². The van der Waals surface area contributed by atoms with Crippen LogP contribution in [0.15, 0.2) is 35.3 Å². The topological polar surface area (TPSA) is 116 Å². The standard InChI is InChI=1S/C19H20N6O3/c1-12-13-4-2-3-5-14(13)19(28)25(22-12)11-17(26)23-7-6-16-21-15(18(20)27)10-24(16)9-8-23/h2-5,10H,6-9,11H2,1H3,(H2,20,27). The molecule has 2 N–H and O–H groups in total. The fraction of sp³-hybridized carbons (Fsp3) is 0.316. The Morgan fingerprint density at radius 3 is 2.64 bits per heavy atom. The molecule has 9 heteroatoms. The van der Waals surface area contributed by atoms with Crippen LogP contribution < -0.4 is 11.3 Å². The largest absolute Gasteiger partial charge is 0.364 e. The molecule has 1 aliphatic rings. The van der Waals surface area contributed by atoms with E-state index in [0.717, 1.165) is 11.2 Å². The molecule has 0 spiro atoms. The molecule has 1 aromatic carbocycles. The van der Waals surface area contributed by atoms with E-state index in [1.165, 1.54) is 4.68 Å². The van der Waals surface area contributed by atoms with Crippen LogP contribution in [0, 0.1) is 6.92 Å².